The highest BCUT2D eigenvalue weighted by atomic mass is 32.1. The smallest absolute Gasteiger partial charge is 0.203 e. The number of unbranched alkanes of at least 4 members (excludes halogenated alkanes) is 1. The van der Waals surface area contributed by atoms with Gasteiger partial charge < -0.3 is 9.47 Å². The van der Waals surface area contributed by atoms with Gasteiger partial charge in [0.05, 0.1) is 31.7 Å². The van der Waals surface area contributed by atoms with E-state index in [2.05, 4.69) is 20.4 Å². The van der Waals surface area contributed by atoms with Crippen molar-refractivity contribution in [1.82, 2.24) is 9.88 Å². The minimum absolute atomic E-state index is 0.717. The van der Waals surface area contributed by atoms with Gasteiger partial charge in [0.15, 0.2) is 0 Å². The van der Waals surface area contributed by atoms with E-state index in [1.165, 1.54) is 0 Å². The number of aryl methyl sites for hydroxylation is 1. The number of thiazole rings is 1. The number of rotatable bonds is 9. The van der Waals surface area contributed by atoms with Gasteiger partial charge >= 0.3 is 0 Å². The fourth-order valence-corrected chi connectivity index (χ4v) is 3.36. The number of anilines is 1. The first-order chi connectivity index (χ1) is 12.8. The Morgan fingerprint density at radius 3 is 2.96 bits per heavy atom. The summed E-state index contributed by atoms with van der Waals surface area (Å²) < 4.78 is 11.3. The lowest BCUT2D eigenvalue weighted by Crippen LogP contribution is -2.36. The Balaban J connectivity index is 1.41. The van der Waals surface area contributed by atoms with Gasteiger partial charge in [0, 0.05) is 24.0 Å². The maximum atomic E-state index is 5.96. The molecule has 6 nitrogen and oxygen atoms in total. The number of hydrazone groups is 1. The summed E-state index contributed by atoms with van der Waals surface area (Å²) in [6, 6.07) is 7.95. The van der Waals surface area contributed by atoms with Crippen LogP contribution in [-0.4, -0.2) is 55.6 Å². The fourth-order valence-electron chi connectivity index (χ4n) is 2.73. The molecule has 2 aromatic rings. The van der Waals surface area contributed by atoms with Gasteiger partial charge in [-0.05, 0) is 38.4 Å². The number of morpholine rings is 1. The molecule has 1 aromatic heterocycles. The van der Waals surface area contributed by atoms with E-state index in [4.69, 9.17) is 9.47 Å². The number of para-hydroxylation sites is 1. The SMILES string of the molecule is Cc1csc(NN=Cc2ccccc2OCCCCN2CCOCC2)n1. The zero-order chi connectivity index (χ0) is 18.0. The summed E-state index contributed by atoms with van der Waals surface area (Å²) in [6.45, 7) is 7.61. The van der Waals surface area contributed by atoms with Crippen molar-refractivity contribution in [3.05, 3.63) is 40.9 Å². The molecule has 1 aromatic carbocycles. The topological polar surface area (TPSA) is 59.0 Å². The quantitative estimate of drug-likeness (QED) is 0.414. The molecule has 1 N–H and O–H groups in total. The summed E-state index contributed by atoms with van der Waals surface area (Å²) in [4.78, 5) is 6.78. The standard InChI is InChI=1S/C19H26N4O2S/c1-16-15-26-19(21-16)22-20-14-17-6-2-3-7-18(17)25-11-5-4-8-23-9-12-24-13-10-23/h2-3,6-7,14-15H,4-5,8-13H2,1H3,(H,21,22). The van der Waals surface area contributed by atoms with Gasteiger partial charge in [-0.15, -0.1) is 11.3 Å². The molecule has 140 valence electrons. The molecule has 0 saturated carbocycles. The molecule has 0 unspecified atom stereocenters. The normalized spacial score (nSPS) is 15.4. The van der Waals surface area contributed by atoms with E-state index in [9.17, 15) is 0 Å². The molecule has 0 radical (unpaired) electrons. The molecule has 1 aliphatic rings. The van der Waals surface area contributed by atoms with Crippen LogP contribution in [0.1, 0.15) is 24.1 Å². The summed E-state index contributed by atoms with van der Waals surface area (Å²) >= 11 is 1.54. The Bertz CT molecular complexity index is 698. The maximum absolute atomic E-state index is 5.96. The van der Waals surface area contributed by atoms with E-state index in [0.29, 0.717) is 6.61 Å². The van der Waals surface area contributed by atoms with Crippen LogP contribution in [-0.2, 0) is 4.74 Å². The van der Waals surface area contributed by atoms with Crippen LogP contribution >= 0.6 is 11.3 Å². The van der Waals surface area contributed by atoms with Crippen molar-refractivity contribution >= 4 is 22.7 Å². The second-order valence-corrected chi connectivity index (χ2v) is 7.07. The Hall–Kier alpha value is -1.96. The number of nitrogens with one attached hydrogen (secondary N) is 1. The first kappa shape index (κ1) is 18.8. The van der Waals surface area contributed by atoms with Crippen molar-refractivity contribution in [2.75, 3.05) is 44.9 Å². The molecule has 1 aliphatic heterocycles. The lowest BCUT2D eigenvalue weighted by molar-refractivity contribution is 0.0368. The summed E-state index contributed by atoms with van der Waals surface area (Å²) in [5, 5.41) is 7.05. The van der Waals surface area contributed by atoms with Crippen LogP contribution in [0.2, 0.25) is 0 Å². The van der Waals surface area contributed by atoms with Gasteiger partial charge in [-0.25, -0.2) is 4.98 Å². The molecule has 1 fully saturated rings. The third-order valence-electron chi connectivity index (χ3n) is 4.13. The number of hydrogen-bond acceptors (Lipinski definition) is 7. The van der Waals surface area contributed by atoms with Crippen LogP contribution in [0, 0.1) is 6.92 Å². The van der Waals surface area contributed by atoms with Crippen LogP contribution in [0.15, 0.2) is 34.7 Å². The average Bonchev–Trinajstić information content (AvgIpc) is 3.08. The molecule has 7 heteroatoms. The Morgan fingerprint density at radius 2 is 2.15 bits per heavy atom. The Labute approximate surface area is 158 Å². The zero-order valence-corrected chi connectivity index (χ0v) is 16.0. The summed E-state index contributed by atoms with van der Waals surface area (Å²) in [5.74, 6) is 0.861. The van der Waals surface area contributed by atoms with Crippen LogP contribution in [0.4, 0.5) is 5.13 Å². The van der Waals surface area contributed by atoms with Crippen molar-refractivity contribution < 1.29 is 9.47 Å². The molecule has 0 spiro atoms. The van der Waals surface area contributed by atoms with Gasteiger partial charge in [0.2, 0.25) is 5.13 Å². The number of benzene rings is 1. The fraction of sp³-hybridized carbons (Fsp3) is 0.474. The molecule has 3 rings (SSSR count). The molecular formula is C19H26N4O2S. The van der Waals surface area contributed by atoms with Crippen molar-refractivity contribution in [2.45, 2.75) is 19.8 Å². The molecular weight excluding hydrogens is 348 g/mol. The molecule has 2 heterocycles. The lowest BCUT2D eigenvalue weighted by Gasteiger charge is -2.26. The highest BCUT2D eigenvalue weighted by Crippen LogP contribution is 2.17. The molecule has 26 heavy (non-hydrogen) atoms. The lowest BCUT2D eigenvalue weighted by atomic mass is 10.2. The molecule has 0 aliphatic carbocycles. The second kappa shape index (κ2) is 10.3. The minimum atomic E-state index is 0.717. The van der Waals surface area contributed by atoms with Crippen molar-refractivity contribution in [1.29, 1.82) is 0 Å². The average molecular weight is 375 g/mol. The molecule has 0 bridgehead atoms. The van der Waals surface area contributed by atoms with Crippen LogP contribution in [0.25, 0.3) is 0 Å². The van der Waals surface area contributed by atoms with Crippen molar-refractivity contribution in [3.63, 3.8) is 0 Å². The zero-order valence-electron chi connectivity index (χ0n) is 15.2. The predicted octanol–water partition coefficient (Wildman–Crippen LogP) is 3.39. The van der Waals surface area contributed by atoms with E-state index in [1.54, 1.807) is 17.6 Å². The predicted molar refractivity (Wildman–Crippen MR) is 106 cm³/mol. The largest absolute Gasteiger partial charge is 0.493 e. The molecule has 0 amide bonds. The molecule has 1 saturated heterocycles. The van der Waals surface area contributed by atoms with E-state index < -0.39 is 0 Å². The third kappa shape index (κ3) is 6.09. The number of hydrogen-bond donors (Lipinski definition) is 1. The number of aromatic nitrogens is 1. The van der Waals surface area contributed by atoms with E-state index in [1.807, 2.05) is 36.6 Å². The Morgan fingerprint density at radius 1 is 1.31 bits per heavy atom. The van der Waals surface area contributed by atoms with Crippen molar-refractivity contribution in [3.8, 4) is 5.75 Å². The number of nitrogens with zero attached hydrogens (tertiary/aromatic N) is 3. The second-order valence-electron chi connectivity index (χ2n) is 6.21. The minimum Gasteiger partial charge on any atom is -0.493 e. The summed E-state index contributed by atoms with van der Waals surface area (Å²) in [7, 11) is 0. The van der Waals surface area contributed by atoms with Gasteiger partial charge in [-0.1, -0.05) is 12.1 Å². The first-order valence-corrected chi connectivity index (χ1v) is 9.92. The van der Waals surface area contributed by atoms with Crippen LogP contribution in [0.3, 0.4) is 0 Å². The highest BCUT2D eigenvalue weighted by Gasteiger charge is 2.09. The van der Waals surface area contributed by atoms with E-state index >= 15 is 0 Å². The third-order valence-corrected chi connectivity index (χ3v) is 5.00. The van der Waals surface area contributed by atoms with Gasteiger partial charge in [0.1, 0.15) is 5.75 Å². The monoisotopic (exact) mass is 374 g/mol. The van der Waals surface area contributed by atoms with Gasteiger partial charge in [-0.3, -0.25) is 10.3 Å². The van der Waals surface area contributed by atoms with E-state index in [-0.39, 0.29) is 0 Å². The van der Waals surface area contributed by atoms with Crippen LogP contribution < -0.4 is 10.2 Å². The molecule has 0 atom stereocenters. The van der Waals surface area contributed by atoms with Gasteiger partial charge in [-0.2, -0.15) is 5.10 Å². The number of ether oxygens (including phenoxy) is 2. The van der Waals surface area contributed by atoms with E-state index in [0.717, 1.165) is 67.8 Å². The summed E-state index contributed by atoms with van der Waals surface area (Å²) in [6.07, 6.45) is 3.96. The summed E-state index contributed by atoms with van der Waals surface area (Å²) in [5.41, 5.74) is 4.91. The Kier molecular flexibility index (Phi) is 7.42. The first-order valence-electron chi connectivity index (χ1n) is 9.04. The maximum Gasteiger partial charge on any atom is 0.203 e. The van der Waals surface area contributed by atoms with Gasteiger partial charge in [0.25, 0.3) is 0 Å². The highest BCUT2D eigenvalue weighted by molar-refractivity contribution is 7.13. The van der Waals surface area contributed by atoms with Crippen LogP contribution in [0.5, 0.6) is 5.75 Å². The van der Waals surface area contributed by atoms with Crippen molar-refractivity contribution in [2.24, 2.45) is 5.10 Å².